The molecular formula is C19H26N2O4. The summed E-state index contributed by atoms with van der Waals surface area (Å²) in [5, 5.41) is 0.989. The summed E-state index contributed by atoms with van der Waals surface area (Å²) in [5.74, 6) is 0.905. The van der Waals surface area contributed by atoms with Crippen molar-refractivity contribution >= 4 is 16.8 Å². The maximum absolute atomic E-state index is 12.9. The minimum absolute atomic E-state index is 0.0685. The van der Waals surface area contributed by atoms with E-state index in [9.17, 15) is 4.79 Å². The van der Waals surface area contributed by atoms with Gasteiger partial charge >= 0.3 is 0 Å². The van der Waals surface area contributed by atoms with Gasteiger partial charge in [-0.1, -0.05) is 6.07 Å². The zero-order chi connectivity index (χ0) is 17.8. The Balaban J connectivity index is 1.82. The molecule has 1 fully saturated rings. The first-order chi connectivity index (χ1) is 12.2. The van der Waals surface area contributed by atoms with Crippen molar-refractivity contribution in [3.05, 3.63) is 30.0 Å². The van der Waals surface area contributed by atoms with E-state index in [1.54, 1.807) is 14.2 Å². The van der Waals surface area contributed by atoms with Gasteiger partial charge in [-0.3, -0.25) is 4.79 Å². The number of benzene rings is 1. The second-order valence-electron chi connectivity index (χ2n) is 6.35. The van der Waals surface area contributed by atoms with Crippen LogP contribution in [0.15, 0.2) is 24.4 Å². The van der Waals surface area contributed by atoms with Crippen molar-refractivity contribution in [3.63, 3.8) is 0 Å². The third-order valence-electron chi connectivity index (χ3n) is 4.78. The number of likely N-dealkylation sites (tertiary alicyclic amines) is 1. The van der Waals surface area contributed by atoms with Crippen molar-refractivity contribution in [3.8, 4) is 5.75 Å². The maximum Gasteiger partial charge on any atom is 0.227 e. The Labute approximate surface area is 148 Å². The number of ether oxygens (including phenoxy) is 3. The van der Waals surface area contributed by atoms with Crippen molar-refractivity contribution in [1.29, 1.82) is 0 Å². The number of aromatic amines is 1. The fraction of sp³-hybridized carbons (Fsp3) is 0.526. The standard InChI is InChI=1S/C19H26N2O4/c1-4-25-17-7-5-6-16-19(17)13(10-20-16)8-18(22)21-11-15(24-3)9-14(21)12-23-2/h5-7,10,14-15,20H,4,8-9,11-12H2,1-3H3/t14-,15+/m0/s1. The van der Waals surface area contributed by atoms with Crippen LogP contribution in [0, 0.1) is 0 Å². The molecule has 2 atom stereocenters. The second kappa shape index (κ2) is 7.89. The van der Waals surface area contributed by atoms with E-state index < -0.39 is 0 Å². The third-order valence-corrected chi connectivity index (χ3v) is 4.78. The molecule has 0 aliphatic carbocycles. The van der Waals surface area contributed by atoms with Gasteiger partial charge < -0.3 is 24.1 Å². The van der Waals surface area contributed by atoms with Crippen LogP contribution in [-0.2, 0) is 20.7 Å². The number of methoxy groups -OCH3 is 2. The number of amides is 1. The highest BCUT2D eigenvalue weighted by Gasteiger charge is 2.35. The van der Waals surface area contributed by atoms with Gasteiger partial charge in [0.05, 0.1) is 31.8 Å². The lowest BCUT2D eigenvalue weighted by Gasteiger charge is -2.23. The summed E-state index contributed by atoms with van der Waals surface area (Å²) in [6.45, 7) is 3.70. The van der Waals surface area contributed by atoms with Crippen molar-refractivity contribution in [2.75, 3.05) is 34.0 Å². The fourth-order valence-corrected chi connectivity index (χ4v) is 3.60. The zero-order valence-electron chi connectivity index (χ0n) is 15.1. The molecular weight excluding hydrogens is 320 g/mol. The van der Waals surface area contributed by atoms with E-state index in [1.807, 2.05) is 36.2 Å². The number of carbonyl (C=O) groups excluding carboxylic acids is 1. The van der Waals surface area contributed by atoms with E-state index >= 15 is 0 Å². The van der Waals surface area contributed by atoms with Gasteiger partial charge in [-0.05, 0) is 31.0 Å². The first-order valence-corrected chi connectivity index (χ1v) is 8.70. The van der Waals surface area contributed by atoms with Crippen LogP contribution < -0.4 is 4.74 Å². The van der Waals surface area contributed by atoms with Crippen LogP contribution in [0.5, 0.6) is 5.75 Å². The molecule has 0 saturated carbocycles. The van der Waals surface area contributed by atoms with Gasteiger partial charge in [0.2, 0.25) is 5.91 Å². The first-order valence-electron chi connectivity index (χ1n) is 8.70. The molecule has 1 aliphatic heterocycles. The maximum atomic E-state index is 12.9. The SMILES string of the molecule is CCOc1cccc2[nH]cc(CC(=O)N3C[C@H](OC)C[C@H]3COC)c12. The molecule has 25 heavy (non-hydrogen) atoms. The van der Waals surface area contributed by atoms with Gasteiger partial charge in [0, 0.05) is 37.9 Å². The molecule has 0 bridgehead atoms. The molecule has 2 aromatic rings. The lowest BCUT2D eigenvalue weighted by atomic mass is 10.1. The molecule has 6 heteroatoms. The quantitative estimate of drug-likeness (QED) is 0.836. The number of nitrogens with zero attached hydrogens (tertiary/aromatic N) is 1. The number of hydrogen-bond acceptors (Lipinski definition) is 4. The van der Waals surface area contributed by atoms with Crippen LogP contribution in [0.4, 0.5) is 0 Å². The number of nitrogens with one attached hydrogen (secondary N) is 1. The topological polar surface area (TPSA) is 63.8 Å². The fourth-order valence-electron chi connectivity index (χ4n) is 3.60. The average Bonchev–Trinajstić information content (AvgIpc) is 3.20. The highest BCUT2D eigenvalue weighted by molar-refractivity contribution is 5.93. The Morgan fingerprint density at radius 3 is 2.92 bits per heavy atom. The highest BCUT2D eigenvalue weighted by Crippen LogP contribution is 2.30. The van der Waals surface area contributed by atoms with Gasteiger partial charge in [-0.25, -0.2) is 0 Å². The van der Waals surface area contributed by atoms with Crippen LogP contribution in [-0.4, -0.2) is 61.9 Å². The molecule has 1 saturated heterocycles. The van der Waals surface area contributed by atoms with Gasteiger partial charge in [0.1, 0.15) is 5.75 Å². The number of H-pyrrole nitrogens is 1. The van der Waals surface area contributed by atoms with Crippen LogP contribution in [0.3, 0.4) is 0 Å². The predicted octanol–water partition coefficient (Wildman–Crippen LogP) is 2.37. The van der Waals surface area contributed by atoms with E-state index in [-0.39, 0.29) is 18.1 Å². The molecule has 1 aromatic carbocycles. The Morgan fingerprint density at radius 1 is 1.36 bits per heavy atom. The first kappa shape index (κ1) is 17.8. The number of carbonyl (C=O) groups is 1. The Kier molecular flexibility index (Phi) is 5.60. The number of rotatable bonds is 7. The molecule has 0 spiro atoms. The number of aromatic nitrogens is 1. The second-order valence-corrected chi connectivity index (χ2v) is 6.35. The zero-order valence-corrected chi connectivity index (χ0v) is 15.1. The van der Waals surface area contributed by atoms with Gasteiger partial charge in [0.25, 0.3) is 0 Å². The summed E-state index contributed by atoms with van der Waals surface area (Å²) in [5.41, 5.74) is 1.94. The third kappa shape index (κ3) is 3.65. The molecule has 136 valence electrons. The van der Waals surface area contributed by atoms with Crippen molar-refractivity contribution in [1.82, 2.24) is 9.88 Å². The molecule has 0 radical (unpaired) electrons. The predicted molar refractivity (Wildman–Crippen MR) is 96.0 cm³/mol. The smallest absolute Gasteiger partial charge is 0.227 e. The normalized spacial score (nSPS) is 20.4. The Hall–Kier alpha value is -2.05. The summed E-state index contributed by atoms with van der Waals surface area (Å²) in [4.78, 5) is 18.1. The molecule has 0 unspecified atom stereocenters. The molecule has 6 nitrogen and oxygen atoms in total. The molecule has 2 heterocycles. The molecule has 1 N–H and O–H groups in total. The van der Waals surface area contributed by atoms with Crippen LogP contribution >= 0.6 is 0 Å². The van der Waals surface area contributed by atoms with Crippen molar-refractivity contribution in [2.24, 2.45) is 0 Å². The summed E-state index contributed by atoms with van der Waals surface area (Å²) in [7, 11) is 3.35. The van der Waals surface area contributed by atoms with E-state index in [2.05, 4.69) is 4.98 Å². The van der Waals surface area contributed by atoms with E-state index in [0.29, 0.717) is 26.2 Å². The summed E-state index contributed by atoms with van der Waals surface area (Å²) < 4.78 is 16.5. The summed E-state index contributed by atoms with van der Waals surface area (Å²) in [6, 6.07) is 5.96. The molecule has 3 rings (SSSR count). The van der Waals surface area contributed by atoms with Crippen LogP contribution in [0.25, 0.3) is 10.9 Å². The lowest BCUT2D eigenvalue weighted by Crippen LogP contribution is -2.39. The van der Waals surface area contributed by atoms with Gasteiger partial charge in [-0.2, -0.15) is 0 Å². The van der Waals surface area contributed by atoms with Gasteiger partial charge in [0.15, 0.2) is 0 Å². The van der Waals surface area contributed by atoms with Crippen molar-refractivity contribution in [2.45, 2.75) is 31.9 Å². The minimum atomic E-state index is 0.0685. The summed E-state index contributed by atoms with van der Waals surface area (Å²) >= 11 is 0. The monoisotopic (exact) mass is 346 g/mol. The molecule has 1 aromatic heterocycles. The Bertz CT molecular complexity index is 727. The minimum Gasteiger partial charge on any atom is -0.493 e. The number of fused-ring (bicyclic) bond motifs is 1. The largest absolute Gasteiger partial charge is 0.493 e. The van der Waals surface area contributed by atoms with Gasteiger partial charge in [-0.15, -0.1) is 0 Å². The lowest BCUT2D eigenvalue weighted by molar-refractivity contribution is -0.132. The van der Waals surface area contributed by atoms with E-state index in [4.69, 9.17) is 14.2 Å². The highest BCUT2D eigenvalue weighted by atomic mass is 16.5. The van der Waals surface area contributed by atoms with Crippen LogP contribution in [0.1, 0.15) is 18.9 Å². The average molecular weight is 346 g/mol. The molecule has 1 aliphatic rings. The van der Waals surface area contributed by atoms with E-state index in [1.165, 1.54) is 0 Å². The summed E-state index contributed by atoms with van der Waals surface area (Å²) in [6.07, 6.45) is 3.13. The Morgan fingerprint density at radius 2 is 2.20 bits per heavy atom. The van der Waals surface area contributed by atoms with Crippen LogP contribution in [0.2, 0.25) is 0 Å². The van der Waals surface area contributed by atoms with E-state index in [0.717, 1.165) is 28.6 Å². The number of hydrogen-bond donors (Lipinski definition) is 1. The van der Waals surface area contributed by atoms with Crippen molar-refractivity contribution < 1.29 is 19.0 Å². The molecule has 1 amide bonds.